The number of allylic oxidation sites excluding steroid dienone is 1. The maximum absolute atomic E-state index is 12.3. The first kappa shape index (κ1) is 26.6. The highest BCUT2D eigenvalue weighted by atomic mass is 16.8. The smallest absolute Gasteiger partial charge is 0.278 e. The zero-order valence-electron chi connectivity index (χ0n) is 22.5. The highest BCUT2D eigenvalue weighted by Gasteiger charge is 2.33. The number of piperidine rings is 1. The van der Waals surface area contributed by atoms with Gasteiger partial charge in [-0.25, -0.2) is 20.3 Å². The minimum atomic E-state index is -0.383. The van der Waals surface area contributed by atoms with E-state index in [1.54, 1.807) is 19.5 Å². The number of amides is 1. The molecule has 1 aromatic rings. The van der Waals surface area contributed by atoms with Gasteiger partial charge in [-0.15, -0.1) is 0 Å². The van der Waals surface area contributed by atoms with Crippen molar-refractivity contribution >= 4 is 11.9 Å². The molecular weight excluding hydrogens is 484 g/mol. The number of anilines is 1. The van der Waals surface area contributed by atoms with E-state index in [1.165, 1.54) is 5.57 Å². The van der Waals surface area contributed by atoms with E-state index in [0.717, 1.165) is 70.6 Å². The first-order chi connectivity index (χ1) is 18.6. The van der Waals surface area contributed by atoms with Crippen LogP contribution in [0.3, 0.4) is 0 Å². The van der Waals surface area contributed by atoms with E-state index in [9.17, 15) is 4.79 Å². The highest BCUT2D eigenvalue weighted by Crippen LogP contribution is 2.34. The van der Waals surface area contributed by atoms with Crippen molar-refractivity contribution < 1.29 is 19.1 Å². The molecule has 2 N–H and O–H groups in total. The lowest BCUT2D eigenvalue weighted by atomic mass is 9.90. The van der Waals surface area contributed by atoms with Gasteiger partial charge >= 0.3 is 0 Å². The summed E-state index contributed by atoms with van der Waals surface area (Å²) in [4.78, 5) is 31.2. The van der Waals surface area contributed by atoms with E-state index in [0.29, 0.717) is 36.0 Å². The van der Waals surface area contributed by atoms with Gasteiger partial charge in [0.1, 0.15) is 5.76 Å². The van der Waals surface area contributed by atoms with Gasteiger partial charge in [-0.05, 0) is 62.8 Å². The number of carbonyl (C=O) groups is 1. The molecule has 2 saturated heterocycles. The van der Waals surface area contributed by atoms with Crippen molar-refractivity contribution in [3.05, 3.63) is 53.7 Å². The van der Waals surface area contributed by atoms with Crippen LogP contribution in [0.1, 0.15) is 49.4 Å². The van der Waals surface area contributed by atoms with E-state index < -0.39 is 0 Å². The van der Waals surface area contributed by atoms with Crippen LogP contribution in [0.15, 0.2) is 48.2 Å². The molecule has 0 bridgehead atoms. The van der Waals surface area contributed by atoms with Crippen LogP contribution in [0.2, 0.25) is 0 Å². The summed E-state index contributed by atoms with van der Waals surface area (Å²) >= 11 is 0. The Balaban J connectivity index is 1.03. The van der Waals surface area contributed by atoms with Crippen LogP contribution in [0.5, 0.6) is 0 Å². The van der Waals surface area contributed by atoms with Crippen LogP contribution in [-0.4, -0.2) is 79.5 Å². The number of hydrogen-bond acceptors (Lipinski definition) is 9. The molecule has 3 aliphatic heterocycles. The molecule has 0 aromatic carbocycles. The number of carbonyl (C=O) groups excluding carboxylic acids is 1. The van der Waals surface area contributed by atoms with Crippen LogP contribution in [0.25, 0.3) is 0 Å². The van der Waals surface area contributed by atoms with Crippen LogP contribution in [0.4, 0.5) is 5.95 Å². The number of likely N-dealkylation sites (N-methyl/N-ethyl adjacent to an activating group) is 1. The number of methoxy groups -OCH3 is 1. The summed E-state index contributed by atoms with van der Waals surface area (Å²) in [5, 5.41) is 3.71. The summed E-state index contributed by atoms with van der Waals surface area (Å²) in [5.41, 5.74) is 4.26. The third-order valence-corrected chi connectivity index (χ3v) is 7.90. The molecule has 0 saturated carbocycles. The molecule has 38 heavy (non-hydrogen) atoms. The van der Waals surface area contributed by atoms with Gasteiger partial charge in [0.2, 0.25) is 5.95 Å². The molecule has 10 heteroatoms. The van der Waals surface area contributed by atoms with Crippen molar-refractivity contribution in [2.45, 2.75) is 51.4 Å². The van der Waals surface area contributed by atoms with Gasteiger partial charge in [-0.3, -0.25) is 4.79 Å². The molecule has 206 valence electrons. The van der Waals surface area contributed by atoms with E-state index in [4.69, 9.17) is 14.3 Å². The lowest BCUT2D eigenvalue weighted by Gasteiger charge is -2.32. The van der Waals surface area contributed by atoms with Gasteiger partial charge in [0.25, 0.3) is 5.91 Å². The Morgan fingerprint density at radius 1 is 1.18 bits per heavy atom. The van der Waals surface area contributed by atoms with Crippen LogP contribution in [-0.2, 0) is 14.3 Å². The third kappa shape index (κ3) is 6.36. The quantitative estimate of drug-likeness (QED) is 0.448. The second-order valence-electron chi connectivity index (χ2n) is 10.4. The Morgan fingerprint density at radius 2 is 2.00 bits per heavy atom. The van der Waals surface area contributed by atoms with Gasteiger partial charge in [-0.1, -0.05) is 6.08 Å². The van der Waals surface area contributed by atoms with Crippen LogP contribution in [0, 0.1) is 11.8 Å². The SMILES string of the molecule is CCN1C=C(CNCC2CCN(c3ncc(C(=O)NOC4CCCCO4)cn3)CC2)C2C=CC(OC)=CC21. The largest absolute Gasteiger partial charge is 0.497 e. The van der Waals surface area contributed by atoms with Crippen molar-refractivity contribution in [1.82, 2.24) is 25.7 Å². The second-order valence-corrected chi connectivity index (χ2v) is 10.4. The molecule has 0 spiro atoms. The Bertz CT molecular complexity index is 1030. The number of hydroxylamine groups is 1. The fourth-order valence-electron chi connectivity index (χ4n) is 5.61. The van der Waals surface area contributed by atoms with Gasteiger partial charge in [-0.2, -0.15) is 0 Å². The molecular formula is C28H40N6O4. The number of nitrogens with one attached hydrogen (secondary N) is 2. The number of aromatic nitrogens is 2. The van der Waals surface area contributed by atoms with Gasteiger partial charge < -0.3 is 24.6 Å². The first-order valence-electron chi connectivity index (χ1n) is 13.9. The third-order valence-electron chi connectivity index (χ3n) is 7.90. The van der Waals surface area contributed by atoms with Crippen LogP contribution >= 0.6 is 0 Å². The summed E-state index contributed by atoms with van der Waals surface area (Å²) in [6.45, 7) is 7.57. The molecule has 4 heterocycles. The number of fused-ring (bicyclic) bond motifs is 1. The van der Waals surface area contributed by atoms with Crippen molar-refractivity contribution in [3.63, 3.8) is 0 Å². The van der Waals surface area contributed by atoms with E-state index >= 15 is 0 Å². The average molecular weight is 525 g/mol. The number of rotatable bonds is 10. The molecule has 1 aliphatic carbocycles. The second kappa shape index (κ2) is 12.7. The lowest BCUT2D eigenvalue weighted by molar-refractivity contribution is -0.186. The minimum Gasteiger partial charge on any atom is -0.497 e. The van der Waals surface area contributed by atoms with Crippen molar-refractivity contribution in [2.75, 3.05) is 51.3 Å². The maximum Gasteiger partial charge on any atom is 0.278 e. The molecule has 1 amide bonds. The lowest BCUT2D eigenvalue weighted by Crippen LogP contribution is -2.39. The van der Waals surface area contributed by atoms with E-state index in [1.807, 2.05) is 0 Å². The molecule has 3 atom stereocenters. The Hall–Kier alpha value is -2.95. The summed E-state index contributed by atoms with van der Waals surface area (Å²) in [6, 6.07) is 0.357. The summed E-state index contributed by atoms with van der Waals surface area (Å²) in [7, 11) is 1.73. The Labute approximate surface area is 225 Å². The Morgan fingerprint density at radius 3 is 2.71 bits per heavy atom. The summed E-state index contributed by atoms with van der Waals surface area (Å²) < 4.78 is 10.9. The van der Waals surface area contributed by atoms with Crippen LogP contribution < -0.4 is 15.7 Å². The number of hydrogen-bond donors (Lipinski definition) is 2. The van der Waals surface area contributed by atoms with Crippen molar-refractivity contribution in [1.29, 1.82) is 0 Å². The first-order valence-corrected chi connectivity index (χ1v) is 13.9. The fraction of sp³-hybridized carbons (Fsp3) is 0.607. The Kier molecular flexibility index (Phi) is 8.93. The molecule has 5 rings (SSSR count). The average Bonchev–Trinajstić information content (AvgIpc) is 3.33. The van der Waals surface area contributed by atoms with E-state index in [-0.39, 0.29) is 12.2 Å². The summed E-state index contributed by atoms with van der Waals surface area (Å²) in [5.74, 6) is 2.29. The highest BCUT2D eigenvalue weighted by molar-refractivity contribution is 5.92. The number of ether oxygens (including phenoxy) is 2. The number of nitrogens with zero attached hydrogens (tertiary/aromatic N) is 4. The molecule has 0 radical (unpaired) electrons. The normalized spacial score (nSPS) is 25.6. The van der Waals surface area contributed by atoms with Gasteiger partial charge in [0.05, 0.1) is 18.7 Å². The predicted molar refractivity (Wildman–Crippen MR) is 144 cm³/mol. The van der Waals surface area contributed by atoms with Gasteiger partial charge in [0.15, 0.2) is 6.29 Å². The monoisotopic (exact) mass is 524 g/mol. The standard InChI is InChI=1S/C28H40N6O4/c1-3-33-19-22(24-8-7-23(36-2)14-25(24)33)16-29-15-20-9-11-34(12-10-20)28-30-17-21(18-31-28)27(35)32-38-26-6-4-5-13-37-26/h7-8,14,17-20,24-26,29H,3-6,9-13,15-16H2,1-2H3,(H,32,35). The maximum atomic E-state index is 12.3. The summed E-state index contributed by atoms with van der Waals surface area (Å²) in [6.07, 6.45) is 16.7. The van der Waals surface area contributed by atoms with E-state index in [2.05, 4.69) is 61.9 Å². The fourth-order valence-corrected chi connectivity index (χ4v) is 5.61. The van der Waals surface area contributed by atoms with Crippen molar-refractivity contribution in [2.24, 2.45) is 11.8 Å². The topological polar surface area (TPSA) is 101 Å². The predicted octanol–water partition coefficient (Wildman–Crippen LogP) is 2.77. The molecule has 2 fully saturated rings. The molecule has 10 nitrogen and oxygen atoms in total. The zero-order chi connectivity index (χ0) is 26.3. The molecule has 4 aliphatic rings. The van der Waals surface area contributed by atoms with Gasteiger partial charge in [0, 0.05) is 63.7 Å². The van der Waals surface area contributed by atoms with Crippen molar-refractivity contribution in [3.8, 4) is 0 Å². The zero-order valence-corrected chi connectivity index (χ0v) is 22.5. The minimum absolute atomic E-state index is 0.357. The molecule has 3 unspecified atom stereocenters. The molecule has 1 aromatic heterocycles.